The number of nitrogens with zero attached hydrogens (tertiary/aromatic N) is 2. The van der Waals surface area contributed by atoms with Crippen LogP contribution in [0.3, 0.4) is 0 Å². The van der Waals surface area contributed by atoms with Gasteiger partial charge in [0, 0.05) is 61.0 Å². The van der Waals surface area contributed by atoms with E-state index >= 15 is 0 Å². The minimum atomic E-state index is 0.0459. The predicted molar refractivity (Wildman–Crippen MR) is 206 cm³/mol. The van der Waals surface area contributed by atoms with Gasteiger partial charge in [0.2, 0.25) is 0 Å². The number of furan rings is 1. The number of hydrogen-bond donors (Lipinski definition) is 0. The number of aromatic nitrogens is 1. The molecule has 0 radical (unpaired) electrons. The van der Waals surface area contributed by atoms with Crippen molar-refractivity contribution < 1.29 is 4.42 Å². The lowest BCUT2D eigenvalue weighted by molar-refractivity contribution is 0.666. The fourth-order valence-electron chi connectivity index (χ4n) is 9.07. The first-order chi connectivity index (χ1) is 23.6. The van der Waals surface area contributed by atoms with Gasteiger partial charge in [0.25, 0.3) is 0 Å². The number of benzene rings is 5. The van der Waals surface area contributed by atoms with Crippen LogP contribution in [0.15, 0.2) is 100 Å². The van der Waals surface area contributed by atoms with Crippen molar-refractivity contribution in [1.29, 1.82) is 0 Å². The molecule has 0 saturated carbocycles. The van der Waals surface area contributed by atoms with E-state index in [2.05, 4.69) is 127 Å². The Bertz CT molecular complexity index is 2530. The zero-order valence-corrected chi connectivity index (χ0v) is 28.8. The molecule has 2 aliphatic heterocycles. The van der Waals surface area contributed by atoms with Crippen molar-refractivity contribution in [3.8, 4) is 0 Å². The molecule has 7 aromatic rings. The van der Waals surface area contributed by atoms with Crippen LogP contribution >= 0.6 is 11.8 Å². The molecule has 3 aliphatic rings. The minimum absolute atomic E-state index is 0.0459. The summed E-state index contributed by atoms with van der Waals surface area (Å²) in [6.45, 7) is 6.75. The van der Waals surface area contributed by atoms with Gasteiger partial charge < -0.3 is 13.8 Å². The fraction of sp³-hybridized carbons (Fsp3) is 0.209. The molecule has 5 heteroatoms. The molecule has 1 aliphatic carbocycles. The number of hydrogen-bond acceptors (Lipinski definition) is 3. The molecule has 3 nitrogen and oxygen atoms in total. The maximum atomic E-state index is 6.89. The van der Waals surface area contributed by atoms with E-state index in [-0.39, 0.29) is 6.85 Å². The Hall–Kier alpha value is -4.61. The number of aryl methyl sites for hydroxylation is 4. The van der Waals surface area contributed by atoms with E-state index in [0.29, 0.717) is 0 Å². The Labute approximate surface area is 286 Å². The maximum absolute atomic E-state index is 6.89. The van der Waals surface area contributed by atoms with Crippen molar-refractivity contribution >= 4 is 85.0 Å². The molecular formula is C43H37BN2OS. The monoisotopic (exact) mass is 640 g/mol. The van der Waals surface area contributed by atoms with Crippen LogP contribution < -0.4 is 15.8 Å². The van der Waals surface area contributed by atoms with Crippen LogP contribution in [-0.2, 0) is 12.8 Å². The third-order valence-electron chi connectivity index (χ3n) is 11.0. The lowest BCUT2D eigenvalue weighted by Crippen LogP contribution is -2.58. The second kappa shape index (κ2) is 10.4. The molecule has 2 aromatic heterocycles. The Morgan fingerprint density at radius 3 is 2.65 bits per heavy atom. The first-order valence-electron chi connectivity index (χ1n) is 17.5. The number of fused-ring (bicyclic) bond motifs is 11. The normalized spacial score (nSPS) is 14.5. The number of allylic oxidation sites excluding steroid dienone is 1. The van der Waals surface area contributed by atoms with E-state index in [0.717, 1.165) is 30.4 Å². The molecule has 234 valence electrons. The van der Waals surface area contributed by atoms with E-state index in [1.807, 2.05) is 11.8 Å². The summed E-state index contributed by atoms with van der Waals surface area (Å²) in [5, 5.41) is 3.86. The highest BCUT2D eigenvalue weighted by Crippen LogP contribution is 2.50. The van der Waals surface area contributed by atoms with Crippen LogP contribution in [-0.4, -0.2) is 17.6 Å². The van der Waals surface area contributed by atoms with Gasteiger partial charge >= 0.3 is 6.85 Å². The van der Waals surface area contributed by atoms with E-state index < -0.39 is 0 Å². The van der Waals surface area contributed by atoms with Crippen LogP contribution in [0.2, 0.25) is 0 Å². The van der Waals surface area contributed by atoms with Crippen molar-refractivity contribution in [2.45, 2.75) is 57.8 Å². The summed E-state index contributed by atoms with van der Waals surface area (Å²) in [4.78, 5) is 3.84. The SMILES string of the molecule is CCCCc1cc(C)cc(N2c3cc(SC)ccc3B3c4c2cc2oc5c(C)cccc5c2c4C2=CCCc4c2n3c2ccccc42)c1. The fourth-order valence-corrected chi connectivity index (χ4v) is 9.50. The Morgan fingerprint density at radius 1 is 0.896 bits per heavy atom. The summed E-state index contributed by atoms with van der Waals surface area (Å²) in [6.07, 6.45) is 10.3. The third-order valence-corrected chi connectivity index (χ3v) is 11.8. The third kappa shape index (κ3) is 3.80. The molecule has 4 heterocycles. The molecule has 48 heavy (non-hydrogen) atoms. The number of para-hydroxylation sites is 2. The highest BCUT2D eigenvalue weighted by molar-refractivity contribution is 7.98. The van der Waals surface area contributed by atoms with Gasteiger partial charge in [-0.05, 0) is 115 Å². The molecule has 0 bridgehead atoms. The molecule has 0 spiro atoms. The summed E-state index contributed by atoms with van der Waals surface area (Å²) < 4.78 is 9.59. The van der Waals surface area contributed by atoms with Gasteiger partial charge in [0.1, 0.15) is 11.2 Å². The van der Waals surface area contributed by atoms with Crippen LogP contribution in [0.4, 0.5) is 17.1 Å². The summed E-state index contributed by atoms with van der Waals surface area (Å²) in [5.74, 6) is 0. The average molecular weight is 641 g/mol. The maximum Gasteiger partial charge on any atom is 0.333 e. The number of thioether (sulfide) groups is 1. The minimum Gasteiger partial charge on any atom is -0.456 e. The van der Waals surface area contributed by atoms with Crippen LogP contribution in [0.25, 0.3) is 38.4 Å². The predicted octanol–water partition coefficient (Wildman–Crippen LogP) is 10.4. The van der Waals surface area contributed by atoms with Gasteiger partial charge in [0.05, 0.1) is 0 Å². The molecule has 0 atom stereocenters. The Kier molecular flexibility index (Phi) is 6.18. The van der Waals surface area contributed by atoms with Crippen molar-refractivity contribution in [1.82, 2.24) is 4.48 Å². The second-order valence-corrected chi connectivity index (χ2v) is 14.8. The van der Waals surface area contributed by atoms with Gasteiger partial charge in [-0.3, -0.25) is 0 Å². The van der Waals surface area contributed by atoms with Crippen molar-refractivity contribution in [3.05, 3.63) is 125 Å². The average Bonchev–Trinajstić information content (AvgIpc) is 3.65. The van der Waals surface area contributed by atoms with Gasteiger partial charge in [-0.25, -0.2) is 0 Å². The lowest BCUT2D eigenvalue weighted by Gasteiger charge is -2.42. The first kappa shape index (κ1) is 28.4. The highest BCUT2D eigenvalue weighted by atomic mass is 32.2. The van der Waals surface area contributed by atoms with Crippen LogP contribution in [0, 0.1) is 13.8 Å². The number of anilines is 3. The Morgan fingerprint density at radius 2 is 1.77 bits per heavy atom. The summed E-state index contributed by atoms with van der Waals surface area (Å²) in [6, 6.07) is 32.5. The number of unbranched alkanes of at least 4 members (excludes halogenated alkanes) is 1. The van der Waals surface area contributed by atoms with Gasteiger partial charge in [0.15, 0.2) is 0 Å². The van der Waals surface area contributed by atoms with Crippen molar-refractivity contribution in [2.75, 3.05) is 11.2 Å². The lowest BCUT2D eigenvalue weighted by atomic mass is 9.44. The molecule has 5 aromatic carbocycles. The molecule has 0 amide bonds. The second-order valence-electron chi connectivity index (χ2n) is 13.9. The summed E-state index contributed by atoms with van der Waals surface area (Å²) in [7, 11) is 0. The summed E-state index contributed by atoms with van der Waals surface area (Å²) in [5.41, 5.74) is 19.3. The van der Waals surface area contributed by atoms with Gasteiger partial charge in [-0.1, -0.05) is 68.0 Å². The smallest absolute Gasteiger partial charge is 0.333 e. The molecule has 0 saturated heterocycles. The Balaban J connectivity index is 1.39. The van der Waals surface area contributed by atoms with E-state index in [1.54, 1.807) is 0 Å². The molecule has 0 unspecified atom stereocenters. The van der Waals surface area contributed by atoms with Crippen molar-refractivity contribution in [3.63, 3.8) is 0 Å². The van der Waals surface area contributed by atoms with Gasteiger partial charge in [-0.15, -0.1) is 11.8 Å². The standard InChI is InChI=1S/C43H37BN2OS/c1-5-6-12-27-20-25(2)21-28(22-27)45-36-23-29(48-4)18-19-34(36)44-41-37(45)24-38-39(33-16-9-11-26(3)43(33)47-38)40(41)32-15-10-14-31-30-13-7-8-17-35(30)46(44)42(31)32/h7-9,11,13,15-24H,5-6,10,12,14H2,1-4H3. The number of rotatable bonds is 5. The van der Waals surface area contributed by atoms with E-state index in [1.165, 1.54) is 106 Å². The highest BCUT2D eigenvalue weighted by Gasteiger charge is 2.46. The van der Waals surface area contributed by atoms with E-state index in [9.17, 15) is 0 Å². The molecular weight excluding hydrogens is 603 g/mol. The summed E-state index contributed by atoms with van der Waals surface area (Å²) >= 11 is 1.81. The zero-order valence-electron chi connectivity index (χ0n) is 28.0. The largest absolute Gasteiger partial charge is 0.456 e. The van der Waals surface area contributed by atoms with Crippen LogP contribution in [0.5, 0.6) is 0 Å². The molecule has 0 fully saturated rings. The van der Waals surface area contributed by atoms with Gasteiger partial charge in [-0.2, -0.15) is 0 Å². The van der Waals surface area contributed by atoms with Crippen LogP contribution in [0.1, 0.15) is 59.7 Å². The first-order valence-corrected chi connectivity index (χ1v) is 18.7. The quantitative estimate of drug-likeness (QED) is 0.138. The van der Waals surface area contributed by atoms with E-state index in [4.69, 9.17) is 4.42 Å². The zero-order chi connectivity index (χ0) is 32.3. The topological polar surface area (TPSA) is 21.3 Å². The molecule has 10 rings (SSSR count). The van der Waals surface area contributed by atoms with Crippen molar-refractivity contribution in [2.24, 2.45) is 0 Å². The molecule has 0 N–H and O–H groups in total.